The maximum atomic E-state index is 12.3. The van der Waals surface area contributed by atoms with Crippen LogP contribution in [0.3, 0.4) is 0 Å². The number of rotatable bonds is 6. The second-order valence-corrected chi connectivity index (χ2v) is 7.91. The number of thioether (sulfide) groups is 1. The van der Waals surface area contributed by atoms with E-state index in [1.165, 1.54) is 11.8 Å². The average molecular weight is 416 g/mol. The number of benzene rings is 2. The number of aromatic nitrogens is 3. The summed E-state index contributed by atoms with van der Waals surface area (Å²) in [5.41, 5.74) is 3.64. The molecule has 3 aromatic rings. The monoisotopic (exact) mass is 415 g/mol. The predicted octanol–water partition coefficient (Wildman–Crippen LogP) is 4.24. The number of nitrogens with zero attached hydrogens (tertiary/aromatic N) is 4. The Hall–Kier alpha value is -2.51. The van der Waals surface area contributed by atoms with Crippen molar-refractivity contribution in [3.05, 3.63) is 53.1 Å². The van der Waals surface area contributed by atoms with Gasteiger partial charge in [0.15, 0.2) is 11.0 Å². The summed E-state index contributed by atoms with van der Waals surface area (Å²) in [5.74, 6) is 0.877. The topological polar surface area (TPSA) is 63.1 Å². The molecule has 1 amide bonds. The summed E-state index contributed by atoms with van der Waals surface area (Å²) in [6.07, 6.45) is 0. The van der Waals surface area contributed by atoms with Gasteiger partial charge in [-0.15, -0.1) is 10.2 Å². The molecule has 146 valence electrons. The van der Waals surface area contributed by atoms with Gasteiger partial charge in [0.2, 0.25) is 5.91 Å². The van der Waals surface area contributed by atoms with Crippen molar-refractivity contribution < 1.29 is 4.79 Å². The first-order chi connectivity index (χ1) is 13.4. The average Bonchev–Trinajstić information content (AvgIpc) is 3.04. The van der Waals surface area contributed by atoms with E-state index in [-0.39, 0.29) is 11.7 Å². The number of halogens is 1. The molecule has 0 aliphatic heterocycles. The van der Waals surface area contributed by atoms with Crippen LogP contribution in [0, 0.1) is 6.92 Å². The van der Waals surface area contributed by atoms with Crippen LogP contribution in [0.2, 0.25) is 5.02 Å². The zero-order valence-corrected chi connectivity index (χ0v) is 17.8. The van der Waals surface area contributed by atoms with Crippen molar-refractivity contribution in [2.75, 3.05) is 30.1 Å². The summed E-state index contributed by atoms with van der Waals surface area (Å²) in [6.45, 7) is 1.88. The lowest BCUT2D eigenvalue weighted by atomic mass is 10.2. The summed E-state index contributed by atoms with van der Waals surface area (Å²) >= 11 is 7.45. The Morgan fingerprint density at radius 1 is 1.21 bits per heavy atom. The van der Waals surface area contributed by atoms with Gasteiger partial charge in [-0.05, 0) is 36.8 Å². The normalized spacial score (nSPS) is 10.8. The minimum atomic E-state index is -0.116. The van der Waals surface area contributed by atoms with Crippen LogP contribution < -0.4 is 10.2 Å². The smallest absolute Gasteiger partial charge is 0.234 e. The van der Waals surface area contributed by atoms with Crippen LogP contribution in [-0.2, 0) is 11.8 Å². The van der Waals surface area contributed by atoms with Gasteiger partial charge in [0.05, 0.1) is 5.75 Å². The molecule has 0 aliphatic carbocycles. The Kier molecular flexibility index (Phi) is 6.26. The summed E-state index contributed by atoms with van der Waals surface area (Å²) < 4.78 is 1.90. The Balaban J connectivity index is 1.68. The van der Waals surface area contributed by atoms with Gasteiger partial charge in [-0.1, -0.05) is 41.6 Å². The highest BCUT2D eigenvalue weighted by atomic mass is 35.5. The standard InChI is InChI=1S/C20H22ClN5OS/c1-13-16(21)9-6-10-17(13)22-18(27)12-28-20-24-23-19(26(20)4)14-7-5-8-15(11-14)25(2)3/h5-11H,12H2,1-4H3,(H,22,27). The molecule has 1 aromatic heterocycles. The Morgan fingerprint density at radius 2 is 1.96 bits per heavy atom. The molecular weight excluding hydrogens is 394 g/mol. The van der Waals surface area contributed by atoms with E-state index < -0.39 is 0 Å². The zero-order valence-electron chi connectivity index (χ0n) is 16.2. The molecule has 0 aliphatic rings. The molecule has 2 aromatic carbocycles. The molecule has 0 atom stereocenters. The first-order valence-electron chi connectivity index (χ1n) is 8.71. The van der Waals surface area contributed by atoms with Gasteiger partial charge in [0.25, 0.3) is 0 Å². The molecule has 1 heterocycles. The van der Waals surface area contributed by atoms with Gasteiger partial charge in [-0.3, -0.25) is 4.79 Å². The molecule has 0 saturated heterocycles. The van der Waals surface area contributed by atoms with Crippen molar-refractivity contribution >= 4 is 40.6 Å². The number of carbonyl (C=O) groups excluding carboxylic acids is 1. The zero-order chi connectivity index (χ0) is 20.3. The van der Waals surface area contributed by atoms with E-state index in [4.69, 9.17) is 11.6 Å². The highest BCUT2D eigenvalue weighted by Crippen LogP contribution is 2.26. The predicted molar refractivity (Wildman–Crippen MR) is 116 cm³/mol. The van der Waals surface area contributed by atoms with Gasteiger partial charge in [-0.25, -0.2) is 0 Å². The van der Waals surface area contributed by atoms with Crippen LogP contribution >= 0.6 is 23.4 Å². The largest absolute Gasteiger partial charge is 0.378 e. The third-order valence-corrected chi connectivity index (χ3v) is 5.76. The van der Waals surface area contributed by atoms with Gasteiger partial charge in [-0.2, -0.15) is 0 Å². The van der Waals surface area contributed by atoms with Crippen molar-refractivity contribution in [3.63, 3.8) is 0 Å². The van der Waals surface area contributed by atoms with E-state index in [1.54, 1.807) is 6.07 Å². The third kappa shape index (κ3) is 4.48. The lowest BCUT2D eigenvalue weighted by Gasteiger charge is -2.13. The summed E-state index contributed by atoms with van der Waals surface area (Å²) in [6, 6.07) is 13.5. The van der Waals surface area contributed by atoms with Crippen molar-refractivity contribution in [2.24, 2.45) is 7.05 Å². The molecule has 3 rings (SSSR count). The Bertz CT molecular complexity index is 1000. The van der Waals surface area contributed by atoms with Crippen LogP contribution in [0.25, 0.3) is 11.4 Å². The first kappa shape index (κ1) is 20.2. The van der Waals surface area contributed by atoms with Crippen LogP contribution in [0.1, 0.15) is 5.56 Å². The quantitative estimate of drug-likeness (QED) is 0.610. The van der Waals surface area contributed by atoms with E-state index in [0.717, 1.165) is 28.3 Å². The molecule has 0 saturated carbocycles. The lowest BCUT2D eigenvalue weighted by molar-refractivity contribution is -0.113. The van der Waals surface area contributed by atoms with E-state index >= 15 is 0 Å². The molecule has 0 bridgehead atoms. The van der Waals surface area contributed by atoms with E-state index in [9.17, 15) is 4.79 Å². The lowest BCUT2D eigenvalue weighted by Crippen LogP contribution is -2.15. The number of hydrogen-bond donors (Lipinski definition) is 1. The number of nitrogens with one attached hydrogen (secondary N) is 1. The Labute approximate surface area is 173 Å². The number of anilines is 2. The van der Waals surface area contributed by atoms with Gasteiger partial charge in [0, 0.05) is 43.1 Å². The minimum absolute atomic E-state index is 0.116. The molecule has 0 radical (unpaired) electrons. The SMILES string of the molecule is Cc1c(Cl)cccc1NC(=O)CSc1nnc(-c2cccc(N(C)C)c2)n1C. The summed E-state index contributed by atoms with van der Waals surface area (Å²) in [7, 11) is 5.90. The van der Waals surface area contributed by atoms with Crippen molar-refractivity contribution in [3.8, 4) is 11.4 Å². The fourth-order valence-electron chi connectivity index (χ4n) is 2.67. The van der Waals surface area contributed by atoms with E-state index in [0.29, 0.717) is 10.2 Å². The van der Waals surface area contributed by atoms with Crippen LogP contribution in [0.4, 0.5) is 11.4 Å². The fraction of sp³-hybridized carbons (Fsp3) is 0.250. The van der Waals surface area contributed by atoms with Gasteiger partial charge >= 0.3 is 0 Å². The second kappa shape index (κ2) is 8.67. The highest BCUT2D eigenvalue weighted by molar-refractivity contribution is 7.99. The molecule has 0 fully saturated rings. The number of amides is 1. The van der Waals surface area contributed by atoms with Crippen molar-refractivity contribution in [1.82, 2.24) is 14.8 Å². The molecule has 1 N–H and O–H groups in total. The fourth-order valence-corrected chi connectivity index (χ4v) is 3.56. The van der Waals surface area contributed by atoms with E-state index in [2.05, 4.69) is 21.6 Å². The first-order valence-corrected chi connectivity index (χ1v) is 10.1. The van der Waals surface area contributed by atoms with Crippen molar-refractivity contribution in [1.29, 1.82) is 0 Å². The highest BCUT2D eigenvalue weighted by Gasteiger charge is 2.14. The van der Waals surface area contributed by atoms with Crippen LogP contribution in [0.15, 0.2) is 47.6 Å². The molecule has 0 spiro atoms. The van der Waals surface area contributed by atoms with Crippen LogP contribution in [0.5, 0.6) is 0 Å². The number of hydrogen-bond acceptors (Lipinski definition) is 5. The van der Waals surface area contributed by atoms with Gasteiger partial charge < -0.3 is 14.8 Å². The number of carbonyl (C=O) groups is 1. The molecule has 6 nitrogen and oxygen atoms in total. The molecular formula is C20H22ClN5OS. The maximum absolute atomic E-state index is 12.3. The van der Waals surface area contributed by atoms with Gasteiger partial charge in [0.1, 0.15) is 0 Å². The van der Waals surface area contributed by atoms with Crippen molar-refractivity contribution in [2.45, 2.75) is 12.1 Å². The van der Waals surface area contributed by atoms with E-state index in [1.807, 2.05) is 67.9 Å². The minimum Gasteiger partial charge on any atom is -0.378 e. The van der Waals surface area contributed by atoms with Crippen LogP contribution in [-0.4, -0.2) is 40.5 Å². The molecule has 8 heteroatoms. The molecule has 0 unspecified atom stereocenters. The second-order valence-electron chi connectivity index (χ2n) is 6.56. The Morgan fingerprint density at radius 3 is 2.71 bits per heavy atom. The molecule has 28 heavy (non-hydrogen) atoms. The summed E-state index contributed by atoms with van der Waals surface area (Å²) in [5, 5.41) is 12.7. The maximum Gasteiger partial charge on any atom is 0.234 e. The third-order valence-electron chi connectivity index (χ3n) is 4.33. The summed E-state index contributed by atoms with van der Waals surface area (Å²) in [4.78, 5) is 14.4.